The van der Waals surface area contributed by atoms with E-state index in [2.05, 4.69) is 10.3 Å². The topological polar surface area (TPSA) is 68.3 Å². The summed E-state index contributed by atoms with van der Waals surface area (Å²) in [7, 11) is 0. The predicted octanol–water partition coefficient (Wildman–Crippen LogP) is 2.31. The Morgan fingerprint density at radius 2 is 2.11 bits per heavy atom. The predicted molar refractivity (Wildman–Crippen MR) is 71.5 cm³/mol. The highest BCUT2D eigenvalue weighted by molar-refractivity contribution is 5.86. The third-order valence-electron chi connectivity index (χ3n) is 2.63. The molecule has 0 aliphatic carbocycles. The molecule has 0 aliphatic heterocycles. The van der Waals surface area contributed by atoms with E-state index in [-0.39, 0.29) is 17.8 Å². The van der Waals surface area contributed by atoms with E-state index in [9.17, 15) is 9.59 Å². The summed E-state index contributed by atoms with van der Waals surface area (Å²) < 4.78 is 5.06. The molecular formula is C14H20N2O3. The van der Waals surface area contributed by atoms with Gasteiger partial charge in [0.05, 0.1) is 6.04 Å². The number of amides is 1. The van der Waals surface area contributed by atoms with Crippen molar-refractivity contribution in [2.75, 3.05) is 0 Å². The highest BCUT2D eigenvalue weighted by atomic mass is 16.5. The summed E-state index contributed by atoms with van der Waals surface area (Å²) in [6.45, 7) is 7.26. The van der Waals surface area contributed by atoms with Crippen LogP contribution in [-0.4, -0.2) is 22.9 Å². The van der Waals surface area contributed by atoms with Crippen LogP contribution in [0.15, 0.2) is 24.5 Å². The van der Waals surface area contributed by atoms with Gasteiger partial charge >= 0.3 is 6.09 Å². The van der Waals surface area contributed by atoms with Gasteiger partial charge in [-0.15, -0.1) is 0 Å². The van der Waals surface area contributed by atoms with E-state index in [0.717, 1.165) is 5.56 Å². The molecule has 0 radical (unpaired) electrons. The molecule has 104 valence electrons. The molecule has 5 nitrogen and oxygen atoms in total. The minimum absolute atomic E-state index is 0.0918. The van der Waals surface area contributed by atoms with Crippen LogP contribution < -0.4 is 5.32 Å². The lowest BCUT2D eigenvalue weighted by Gasteiger charge is -2.28. The quantitative estimate of drug-likeness (QED) is 0.906. The smallest absolute Gasteiger partial charge is 0.408 e. The van der Waals surface area contributed by atoms with Gasteiger partial charge in [-0.25, -0.2) is 4.79 Å². The molecule has 0 saturated carbocycles. The highest BCUT2D eigenvalue weighted by Gasteiger charge is 2.30. The van der Waals surface area contributed by atoms with Crippen LogP contribution in [-0.2, 0) is 16.1 Å². The average Bonchev–Trinajstić information content (AvgIpc) is 2.33. The molecular weight excluding hydrogens is 244 g/mol. The molecule has 0 fully saturated rings. The molecule has 1 aromatic rings. The van der Waals surface area contributed by atoms with E-state index in [1.165, 1.54) is 6.92 Å². The van der Waals surface area contributed by atoms with Crippen LogP contribution >= 0.6 is 0 Å². The second kappa shape index (κ2) is 6.31. The van der Waals surface area contributed by atoms with Crippen molar-refractivity contribution in [2.24, 2.45) is 5.41 Å². The molecule has 0 saturated heterocycles. The maximum atomic E-state index is 11.7. The number of ketones is 1. The minimum atomic E-state index is -0.598. The number of pyridine rings is 1. The fourth-order valence-corrected chi connectivity index (χ4v) is 1.72. The van der Waals surface area contributed by atoms with Crippen LogP contribution in [0.2, 0.25) is 0 Å². The molecule has 1 aromatic heterocycles. The molecule has 1 unspecified atom stereocenters. The molecule has 1 atom stereocenters. The van der Waals surface area contributed by atoms with Gasteiger partial charge in [0, 0.05) is 18.0 Å². The lowest BCUT2D eigenvalue weighted by molar-refractivity contribution is -0.121. The Labute approximate surface area is 113 Å². The lowest BCUT2D eigenvalue weighted by atomic mass is 9.85. The van der Waals surface area contributed by atoms with Crippen molar-refractivity contribution in [2.45, 2.75) is 40.3 Å². The number of nitrogens with zero attached hydrogens (tertiary/aromatic N) is 1. The summed E-state index contributed by atoms with van der Waals surface area (Å²) in [4.78, 5) is 27.1. The number of carbonyl (C=O) groups excluding carboxylic acids is 2. The average molecular weight is 264 g/mol. The van der Waals surface area contributed by atoms with Gasteiger partial charge in [-0.05, 0) is 18.4 Å². The maximum absolute atomic E-state index is 11.7. The van der Waals surface area contributed by atoms with Gasteiger partial charge in [-0.2, -0.15) is 0 Å². The van der Waals surface area contributed by atoms with Crippen LogP contribution in [0.3, 0.4) is 0 Å². The zero-order valence-electron chi connectivity index (χ0n) is 11.8. The number of nitrogens with one attached hydrogen (secondary N) is 1. The largest absolute Gasteiger partial charge is 0.445 e. The van der Waals surface area contributed by atoms with Crippen molar-refractivity contribution >= 4 is 11.9 Å². The van der Waals surface area contributed by atoms with Gasteiger partial charge in [-0.1, -0.05) is 26.8 Å². The fraction of sp³-hybridized carbons (Fsp3) is 0.500. The fourth-order valence-electron chi connectivity index (χ4n) is 1.72. The second-order valence-electron chi connectivity index (χ2n) is 5.49. The molecule has 5 heteroatoms. The zero-order chi connectivity index (χ0) is 14.5. The van der Waals surface area contributed by atoms with E-state index >= 15 is 0 Å². The minimum Gasteiger partial charge on any atom is -0.445 e. The zero-order valence-corrected chi connectivity index (χ0v) is 11.8. The monoisotopic (exact) mass is 264 g/mol. The van der Waals surface area contributed by atoms with Crippen LogP contribution in [0.25, 0.3) is 0 Å². The maximum Gasteiger partial charge on any atom is 0.408 e. The first-order valence-corrected chi connectivity index (χ1v) is 6.13. The normalized spacial score (nSPS) is 12.6. The van der Waals surface area contributed by atoms with Crippen molar-refractivity contribution in [3.63, 3.8) is 0 Å². The van der Waals surface area contributed by atoms with Gasteiger partial charge in [-0.3, -0.25) is 9.78 Å². The Morgan fingerprint density at radius 1 is 1.42 bits per heavy atom. The Morgan fingerprint density at radius 3 is 2.58 bits per heavy atom. The summed E-state index contributed by atoms with van der Waals surface area (Å²) in [6.07, 6.45) is 2.67. The standard InChI is InChI=1S/C14H20N2O3/c1-10(17)12(14(2,3)4)16-13(18)19-9-11-6-5-7-15-8-11/h5-8,12H,9H2,1-4H3,(H,16,18). The lowest BCUT2D eigenvalue weighted by Crippen LogP contribution is -2.48. The van der Waals surface area contributed by atoms with Gasteiger partial charge < -0.3 is 10.1 Å². The molecule has 0 aliphatic rings. The van der Waals surface area contributed by atoms with Crippen molar-refractivity contribution in [1.29, 1.82) is 0 Å². The van der Waals surface area contributed by atoms with E-state index in [0.29, 0.717) is 0 Å². The Kier molecular flexibility index (Phi) is 5.03. The summed E-state index contributed by atoms with van der Waals surface area (Å²) >= 11 is 0. The van der Waals surface area contributed by atoms with E-state index < -0.39 is 12.1 Å². The number of ether oxygens (including phenoxy) is 1. The molecule has 1 amide bonds. The van der Waals surface area contributed by atoms with Gasteiger partial charge in [0.2, 0.25) is 0 Å². The van der Waals surface area contributed by atoms with E-state index in [1.807, 2.05) is 26.8 Å². The van der Waals surface area contributed by atoms with Gasteiger partial charge in [0.25, 0.3) is 0 Å². The first-order valence-electron chi connectivity index (χ1n) is 6.13. The summed E-state index contributed by atoms with van der Waals surface area (Å²) in [5.41, 5.74) is 0.451. The SMILES string of the molecule is CC(=O)C(NC(=O)OCc1cccnc1)C(C)(C)C. The molecule has 19 heavy (non-hydrogen) atoms. The third-order valence-corrected chi connectivity index (χ3v) is 2.63. The second-order valence-corrected chi connectivity index (χ2v) is 5.49. The van der Waals surface area contributed by atoms with Crippen molar-refractivity contribution < 1.29 is 14.3 Å². The molecule has 0 spiro atoms. The molecule has 0 aromatic carbocycles. The van der Waals surface area contributed by atoms with E-state index in [4.69, 9.17) is 4.74 Å². The Hall–Kier alpha value is -1.91. The van der Waals surface area contributed by atoms with Gasteiger partial charge in [0.1, 0.15) is 6.61 Å². The third kappa shape index (κ3) is 5.07. The number of aromatic nitrogens is 1. The molecule has 1 rings (SSSR count). The van der Waals surface area contributed by atoms with Crippen molar-refractivity contribution in [3.05, 3.63) is 30.1 Å². The van der Waals surface area contributed by atoms with Crippen LogP contribution in [0, 0.1) is 5.41 Å². The summed E-state index contributed by atoms with van der Waals surface area (Å²) in [6, 6.07) is 3.02. The number of hydrogen-bond donors (Lipinski definition) is 1. The van der Waals surface area contributed by atoms with Crippen molar-refractivity contribution in [3.8, 4) is 0 Å². The summed E-state index contributed by atoms with van der Waals surface area (Å²) in [5, 5.41) is 2.60. The molecule has 1 heterocycles. The van der Waals surface area contributed by atoms with Crippen LogP contribution in [0.4, 0.5) is 4.79 Å². The van der Waals surface area contributed by atoms with Gasteiger partial charge in [0.15, 0.2) is 5.78 Å². The van der Waals surface area contributed by atoms with Crippen LogP contribution in [0.1, 0.15) is 33.3 Å². The number of alkyl carbamates (subject to hydrolysis) is 1. The number of carbonyl (C=O) groups is 2. The Balaban J connectivity index is 2.52. The Bertz CT molecular complexity index is 438. The van der Waals surface area contributed by atoms with Crippen LogP contribution in [0.5, 0.6) is 0 Å². The highest BCUT2D eigenvalue weighted by Crippen LogP contribution is 2.20. The first-order chi connectivity index (χ1) is 8.80. The number of hydrogen-bond acceptors (Lipinski definition) is 4. The molecule has 0 bridgehead atoms. The molecule has 1 N–H and O–H groups in total. The van der Waals surface area contributed by atoms with E-state index in [1.54, 1.807) is 18.5 Å². The van der Waals surface area contributed by atoms with Crippen molar-refractivity contribution in [1.82, 2.24) is 10.3 Å². The number of Topliss-reactive ketones (excluding diaryl/α,β-unsaturated/α-hetero) is 1. The number of rotatable bonds is 4. The first kappa shape index (κ1) is 15.1. The summed E-state index contributed by atoms with van der Waals surface area (Å²) in [5.74, 6) is -0.0918.